The molecule has 0 radical (unpaired) electrons. The molecule has 4 rings (SSSR count). The van der Waals surface area contributed by atoms with Gasteiger partial charge in [-0.05, 0) is 30.7 Å². The van der Waals surface area contributed by atoms with Crippen molar-refractivity contribution in [1.82, 2.24) is 18.9 Å². The van der Waals surface area contributed by atoms with Crippen molar-refractivity contribution in [2.24, 2.45) is 0 Å². The number of thiophene rings is 1. The molecular weight excluding hydrogens is 418 g/mol. The summed E-state index contributed by atoms with van der Waals surface area (Å²) < 4.78 is 2.37. The van der Waals surface area contributed by atoms with E-state index >= 15 is 0 Å². The Morgan fingerprint density at radius 1 is 1.03 bits per heavy atom. The van der Waals surface area contributed by atoms with E-state index in [0.29, 0.717) is 49.7 Å². The van der Waals surface area contributed by atoms with Crippen molar-refractivity contribution >= 4 is 23.2 Å². The Labute approximate surface area is 182 Å². The van der Waals surface area contributed by atoms with Crippen LogP contribution >= 0.6 is 11.3 Å². The highest BCUT2D eigenvalue weighted by Crippen LogP contribution is 2.15. The molecule has 0 aromatic carbocycles. The summed E-state index contributed by atoms with van der Waals surface area (Å²) in [6.07, 6.45) is 3.06. The summed E-state index contributed by atoms with van der Waals surface area (Å²) in [5, 5.41) is 11.4. The van der Waals surface area contributed by atoms with Crippen molar-refractivity contribution in [2.75, 3.05) is 26.2 Å². The minimum Gasteiger partial charge on any atom is -0.338 e. The Morgan fingerprint density at radius 3 is 2.45 bits per heavy atom. The number of nitriles is 1. The van der Waals surface area contributed by atoms with Crippen LogP contribution in [0.15, 0.2) is 27.1 Å². The molecule has 2 aromatic heterocycles. The predicted octanol–water partition coefficient (Wildman–Crippen LogP) is 0.654. The van der Waals surface area contributed by atoms with E-state index in [2.05, 4.69) is 0 Å². The van der Waals surface area contributed by atoms with Crippen LogP contribution in [-0.2, 0) is 24.3 Å². The van der Waals surface area contributed by atoms with Gasteiger partial charge in [-0.15, -0.1) is 11.3 Å². The van der Waals surface area contributed by atoms with Gasteiger partial charge in [-0.2, -0.15) is 5.26 Å². The minimum absolute atomic E-state index is 0.0411. The molecule has 2 amide bonds. The first-order valence-electron chi connectivity index (χ1n) is 10.4. The minimum atomic E-state index is -0.694. The Balaban J connectivity index is 1.50. The Morgan fingerprint density at radius 2 is 1.77 bits per heavy atom. The third kappa shape index (κ3) is 4.05. The van der Waals surface area contributed by atoms with Crippen LogP contribution in [0.5, 0.6) is 0 Å². The highest BCUT2D eigenvalue weighted by molar-refractivity contribution is 7.12. The maximum Gasteiger partial charge on any atom is 0.331 e. The Bertz CT molecular complexity index is 1150. The smallest absolute Gasteiger partial charge is 0.331 e. The second-order valence-corrected chi connectivity index (χ2v) is 8.67. The lowest BCUT2D eigenvalue weighted by molar-refractivity contribution is -0.133. The van der Waals surface area contributed by atoms with Crippen LogP contribution in [0.25, 0.3) is 0 Å². The van der Waals surface area contributed by atoms with Crippen molar-refractivity contribution < 1.29 is 9.59 Å². The molecule has 2 aromatic rings. The topological polar surface area (TPSA) is 108 Å². The predicted molar refractivity (Wildman–Crippen MR) is 114 cm³/mol. The van der Waals surface area contributed by atoms with E-state index in [9.17, 15) is 24.4 Å². The van der Waals surface area contributed by atoms with Gasteiger partial charge in [-0.25, -0.2) is 9.36 Å². The largest absolute Gasteiger partial charge is 0.338 e. The molecule has 162 valence electrons. The van der Waals surface area contributed by atoms with Crippen LogP contribution in [0.2, 0.25) is 0 Å². The highest BCUT2D eigenvalue weighted by Gasteiger charge is 2.27. The van der Waals surface area contributed by atoms with Crippen molar-refractivity contribution in [3.8, 4) is 6.07 Å². The van der Waals surface area contributed by atoms with Gasteiger partial charge in [0, 0.05) is 38.4 Å². The zero-order chi connectivity index (χ0) is 22.0. The summed E-state index contributed by atoms with van der Waals surface area (Å²) in [4.78, 5) is 55.0. The first-order chi connectivity index (χ1) is 15.0. The third-order valence-corrected chi connectivity index (χ3v) is 6.75. The van der Waals surface area contributed by atoms with Gasteiger partial charge >= 0.3 is 5.69 Å². The molecule has 0 unspecified atom stereocenters. The molecule has 10 heteroatoms. The van der Waals surface area contributed by atoms with E-state index in [-0.39, 0.29) is 17.4 Å². The molecule has 0 bridgehead atoms. The third-order valence-electron chi connectivity index (χ3n) is 5.89. The van der Waals surface area contributed by atoms with Crippen LogP contribution in [0, 0.1) is 11.3 Å². The number of aromatic nitrogens is 2. The summed E-state index contributed by atoms with van der Waals surface area (Å²) in [5.41, 5.74) is -0.777. The van der Waals surface area contributed by atoms with E-state index in [1.807, 2.05) is 17.5 Å². The molecule has 2 aliphatic rings. The van der Waals surface area contributed by atoms with Crippen LogP contribution in [0.1, 0.15) is 40.2 Å². The SMILES string of the molecule is N#Cc1c2n(c(=O)n(CC(=O)N3CCN(C(=O)c4cccs4)CC3)c1=O)CCCCC2. The first-order valence-corrected chi connectivity index (χ1v) is 11.3. The number of fused-ring (bicyclic) bond motifs is 1. The summed E-state index contributed by atoms with van der Waals surface area (Å²) in [5.74, 6) is -0.415. The van der Waals surface area contributed by atoms with Crippen molar-refractivity contribution in [3.05, 3.63) is 54.5 Å². The quantitative estimate of drug-likeness (QED) is 0.695. The van der Waals surface area contributed by atoms with Gasteiger partial charge in [-0.1, -0.05) is 12.5 Å². The van der Waals surface area contributed by atoms with Gasteiger partial charge in [0.25, 0.3) is 11.5 Å². The Hall–Kier alpha value is -3.19. The molecule has 9 nitrogen and oxygen atoms in total. The van der Waals surface area contributed by atoms with Crippen LogP contribution < -0.4 is 11.2 Å². The van der Waals surface area contributed by atoms with Crippen molar-refractivity contribution in [3.63, 3.8) is 0 Å². The number of carbonyl (C=O) groups is 2. The molecule has 1 fully saturated rings. The summed E-state index contributed by atoms with van der Waals surface area (Å²) in [7, 11) is 0. The summed E-state index contributed by atoms with van der Waals surface area (Å²) in [6.45, 7) is 1.50. The second-order valence-electron chi connectivity index (χ2n) is 7.72. The highest BCUT2D eigenvalue weighted by atomic mass is 32.1. The van der Waals surface area contributed by atoms with Gasteiger partial charge in [0.05, 0.1) is 4.88 Å². The van der Waals surface area contributed by atoms with E-state index in [0.717, 1.165) is 23.8 Å². The molecule has 0 atom stereocenters. The number of piperazine rings is 1. The fraction of sp³-hybridized carbons (Fsp3) is 0.476. The molecule has 1 saturated heterocycles. The molecule has 0 saturated carbocycles. The normalized spacial score (nSPS) is 16.4. The lowest BCUT2D eigenvalue weighted by Crippen LogP contribution is -2.53. The molecule has 31 heavy (non-hydrogen) atoms. The lowest BCUT2D eigenvalue weighted by Gasteiger charge is -2.34. The average molecular weight is 442 g/mol. The van der Waals surface area contributed by atoms with Crippen molar-refractivity contribution in [1.29, 1.82) is 5.26 Å². The number of hydrogen-bond acceptors (Lipinski definition) is 6. The molecule has 2 aliphatic heterocycles. The zero-order valence-corrected chi connectivity index (χ0v) is 17.9. The molecule has 0 spiro atoms. The fourth-order valence-electron chi connectivity index (χ4n) is 4.17. The number of nitrogens with zero attached hydrogens (tertiary/aromatic N) is 5. The van der Waals surface area contributed by atoms with Crippen LogP contribution in [0.3, 0.4) is 0 Å². The van der Waals surface area contributed by atoms with Gasteiger partial charge in [0.2, 0.25) is 5.91 Å². The number of amides is 2. The standard InChI is InChI=1S/C21H23N5O4S/c22-13-15-16-5-2-1-3-7-25(16)21(30)26(19(15)28)14-18(27)23-8-10-24(11-9-23)20(29)17-6-4-12-31-17/h4,6,12H,1-3,5,7-11,14H2. The van der Waals surface area contributed by atoms with Crippen LogP contribution in [-0.4, -0.2) is 56.9 Å². The molecule has 0 N–H and O–H groups in total. The molecule has 0 aliphatic carbocycles. The van der Waals surface area contributed by atoms with E-state index in [1.54, 1.807) is 15.9 Å². The van der Waals surface area contributed by atoms with Gasteiger partial charge < -0.3 is 9.80 Å². The molecule has 4 heterocycles. The number of rotatable bonds is 3. The van der Waals surface area contributed by atoms with Crippen molar-refractivity contribution in [2.45, 2.75) is 38.8 Å². The maximum atomic E-state index is 12.9. The summed E-state index contributed by atoms with van der Waals surface area (Å²) in [6, 6.07) is 5.54. The van der Waals surface area contributed by atoms with E-state index in [1.165, 1.54) is 15.9 Å². The van der Waals surface area contributed by atoms with E-state index < -0.39 is 17.8 Å². The van der Waals surface area contributed by atoms with Gasteiger partial charge in [-0.3, -0.25) is 19.0 Å². The van der Waals surface area contributed by atoms with Gasteiger partial charge in [0.1, 0.15) is 18.2 Å². The second kappa shape index (κ2) is 8.89. The number of hydrogen-bond donors (Lipinski definition) is 0. The monoisotopic (exact) mass is 441 g/mol. The first kappa shape index (κ1) is 21.1. The average Bonchev–Trinajstić information content (AvgIpc) is 3.22. The van der Waals surface area contributed by atoms with E-state index in [4.69, 9.17) is 0 Å². The zero-order valence-electron chi connectivity index (χ0n) is 17.1. The maximum absolute atomic E-state index is 12.9. The van der Waals surface area contributed by atoms with Crippen LogP contribution in [0.4, 0.5) is 0 Å². The number of carbonyl (C=O) groups excluding carboxylic acids is 2. The molecular formula is C21H23N5O4S. The lowest BCUT2D eigenvalue weighted by atomic mass is 10.1. The van der Waals surface area contributed by atoms with Gasteiger partial charge in [0.15, 0.2) is 0 Å². The summed E-state index contributed by atoms with van der Waals surface area (Å²) >= 11 is 1.38. The Kier molecular flexibility index (Phi) is 6.04. The fourth-order valence-corrected chi connectivity index (χ4v) is 4.86.